The zero-order chi connectivity index (χ0) is 24.0. The molecule has 2 aromatic rings. The van der Waals surface area contributed by atoms with Crippen LogP contribution in [-0.2, 0) is 14.8 Å². The number of hydrogen-bond acceptors (Lipinski definition) is 5. The molecule has 1 heterocycles. The Morgan fingerprint density at radius 1 is 1.09 bits per heavy atom. The van der Waals surface area contributed by atoms with Crippen molar-refractivity contribution < 1.29 is 22.7 Å². The number of unbranched alkanes of at least 4 members (excludes halogenated alkanes) is 1. The highest BCUT2D eigenvalue weighted by Crippen LogP contribution is 2.25. The van der Waals surface area contributed by atoms with Gasteiger partial charge in [0.1, 0.15) is 0 Å². The van der Waals surface area contributed by atoms with Gasteiger partial charge in [-0.1, -0.05) is 26.3 Å². The largest absolute Gasteiger partial charge is 0.462 e. The number of nitrogens with zero attached hydrogens (tertiary/aromatic N) is 1. The van der Waals surface area contributed by atoms with E-state index in [1.807, 2.05) is 6.92 Å². The number of carbonyl (C=O) groups excluding carboxylic acids is 2. The minimum Gasteiger partial charge on any atom is -0.462 e. The number of carbonyl (C=O) groups is 2. The maximum absolute atomic E-state index is 13.1. The number of esters is 1. The van der Waals surface area contributed by atoms with Crippen LogP contribution in [0.1, 0.15) is 65.8 Å². The van der Waals surface area contributed by atoms with Gasteiger partial charge in [-0.3, -0.25) is 4.79 Å². The van der Waals surface area contributed by atoms with Crippen LogP contribution in [0.25, 0.3) is 0 Å². The number of ether oxygens (including phenoxy) is 1. The maximum Gasteiger partial charge on any atom is 0.338 e. The molecule has 1 fully saturated rings. The predicted molar refractivity (Wildman–Crippen MR) is 128 cm³/mol. The smallest absolute Gasteiger partial charge is 0.338 e. The number of aryl methyl sites for hydroxylation is 1. The minimum absolute atomic E-state index is 0.123. The Hall–Kier alpha value is -2.71. The highest BCUT2D eigenvalue weighted by Gasteiger charge is 2.29. The van der Waals surface area contributed by atoms with Crippen molar-refractivity contribution in [3.63, 3.8) is 0 Å². The van der Waals surface area contributed by atoms with Crippen LogP contribution in [0, 0.1) is 12.8 Å². The van der Waals surface area contributed by atoms with E-state index in [4.69, 9.17) is 4.74 Å². The second-order valence-electron chi connectivity index (χ2n) is 8.58. The summed E-state index contributed by atoms with van der Waals surface area (Å²) in [6, 6.07) is 11.1. The van der Waals surface area contributed by atoms with Gasteiger partial charge in [0.15, 0.2) is 0 Å². The fraction of sp³-hybridized carbons (Fsp3) is 0.440. The lowest BCUT2D eigenvalue weighted by Crippen LogP contribution is -2.38. The van der Waals surface area contributed by atoms with Crippen LogP contribution in [0.15, 0.2) is 47.4 Å². The second-order valence-corrected chi connectivity index (χ2v) is 10.5. The van der Waals surface area contributed by atoms with Gasteiger partial charge >= 0.3 is 5.97 Å². The summed E-state index contributed by atoms with van der Waals surface area (Å²) >= 11 is 0. The third-order valence-electron chi connectivity index (χ3n) is 5.94. The fourth-order valence-corrected chi connectivity index (χ4v) is 5.16. The van der Waals surface area contributed by atoms with Gasteiger partial charge in [0.25, 0.3) is 5.91 Å². The van der Waals surface area contributed by atoms with Crippen molar-refractivity contribution in [1.29, 1.82) is 0 Å². The van der Waals surface area contributed by atoms with Crippen molar-refractivity contribution in [3.8, 4) is 0 Å². The normalized spacial score (nSPS) is 15.2. The predicted octanol–water partition coefficient (Wildman–Crippen LogP) is 4.62. The Bertz CT molecular complexity index is 1090. The lowest BCUT2D eigenvalue weighted by Gasteiger charge is -2.29. The number of piperidine rings is 1. The summed E-state index contributed by atoms with van der Waals surface area (Å²) in [5.74, 6) is -0.294. The first-order valence-corrected chi connectivity index (χ1v) is 12.9. The van der Waals surface area contributed by atoms with Gasteiger partial charge in [0.05, 0.1) is 17.1 Å². The Morgan fingerprint density at radius 2 is 1.76 bits per heavy atom. The molecule has 0 aromatic heterocycles. The standard InChI is InChI=1S/C25H32N2O5S/c1-4-5-16-32-25(29)20-7-9-21(10-8-20)26-24(28)23-17-22(11-6-19(23)3)33(30,31)27-14-12-18(2)13-15-27/h6-11,17-18H,4-5,12-16H2,1-3H3,(H,26,28). The van der Waals surface area contributed by atoms with Crippen molar-refractivity contribution in [1.82, 2.24) is 4.31 Å². The van der Waals surface area contributed by atoms with Gasteiger partial charge in [-0.15, -0.1) is 0 Å². The van der Waals surface area contributed by atoms with E-state index < -0.39 is 21.9 Å². The maximum atomic E-state index is 13.1. The SMILES string of the molecule is CCCCOC(=O)c1ccc(NC(=O)c2cc(S(=O)(=O)N3CCC(C)CC3)ccc2C)cc1. The van der Waals surface area contributed by atoms with E-state index in [2.05, 4.69) is 12.2 Å². The molecule has 0 saturated carbocycles. The van der Waals surface area contributed by atoms with Crippen LogP contribution in [0.2, 0.25) is 0 Å². The molecule has 178 valence electrons. The van der Waals surface area contributed by atoms with Crippen LogP contribution in [-0.4, -0.2) is 44.3 Å². The molecule has 0 spiro atoms. The number of amides is 1. The molecule has 1 N–H and O–H groups in total. The third-order valence-corrected chi connectivity index (χ3v) is 7.84. The van der Waals surface area contributed by atoms with Gasteiger partial charge < -0.3 is 10.1 Å². The monoisotopic (exact) mass is 472 g/mol. The quantitative estimate of drug-likeness (QED) is 0.447. The summed E-state index contributed by atoms with van der Waals surface area (Å²) in [4.78, 5) is 25.1. The number of anilines is 1. The van der Waals surface area contributed by atoms with E-state index in [1.165, 1.54) is 10.4 Å². The van der Waals surface area contributed by atoms with Gasteiger partial charge in [-0.25, -0.2) is 13.2 Å². The zero-order valence-corrected chi connectivity index (χ0v) is 20.3. The van der Waals surface area contributed by atoms with Gasteiger partial charge in [-0.05, 0) is 74.1 Å². The molecular weight excluding hydrogens is 440 g/mol. The number of sulfonamides is 1. The Labute approximate surface area is 196 Å². The average Bonchev–Trinajstić information content (AvgIpc) is 2.80. The molecule has 7 nitrogen and oxygen atoms in total. The number of hydrogen-bond donors (Lipinski definition) is 1. The lowest BCUT2D eigenvalue weighted by atomic mass is 10.0. The van der Waals surface area contributed by atoms with E-state index in [0.29, 0.717) is 48.0 Å². The molecule has 33 heavy (non-hydrogen) atoms. The second kappa shape index (κ2) is 10.9. The molecule has 0 unspecified atom stereocenters. The van der Waals surface area contributed by atoms with Crippen LogP contribution in [0.5, 0.6) is 0 Å². The number of benzene rings is 2. The van der Waals surface area contributed by atoms with Crippen LogP contribution >= 0.6 is 0 Å². The van der Waals surface area contributed by atoms with E-state index in [9.17, 15) is 18.0 Å². The van der Waals surface area contributed by atoms with Crippen LogP contribution in [0.3, 0.4) is 0 Å². The number of nitrogens with one attached hydrogen (secondary N) is 1. The first-order chi connectivity index (χ1) is 15.7. The van der Waals surface area contributed by atoms with Crippen molar-refractivity contribution in [2.75, 3.05) is 25.0 Å². The molecule has 8 heteroatoms. The lowest BCUT2D eigenvalue weighted by molar-refractivity contribution is 0.0499. The van der Waals surface area contributed by atoms with Gasteiger partial charge in [0, 0.05) is 24.3 Å². The van der Waals surface area contributed by atoms with Gasteiger partial charge in [-0.2, -0.15) is 4.31 Å². The van der Waals surface area contributed by atoms with Crippen LogP contribution < -0.4 is 5.32 Å². The van der Waals surface area contributed by atoms with Gasteiger partial charge in [0.2, 0.25) is 10.0 Å². The molecule has 1 saturated heterocycles. The van der Waals surface area contributed by atoms with E-state index in [0.717, 1.165) is 25.7 Å². The summed E-state index contributed by atoms with van der Waals surface area (Å²) < 4.78 is 32.9. The molecule has 0 atom stereocenters. The molecule has 1 amide bonds. The highest BCUT2D eigenvalue weighted by atomic mass is 32.2. The van der Waals surface area contributed by atoms with Crippen molar-refractivity contribution in [3.05, 3.63) is 59.2 Å². The molecular formula is C25H32N2O5S. The highest BCUT2D eigenvalue weighted by molar-refractivity contribution is 7.89. The Balaban J connectivity index is 1.72. The summed E-state index contributed by atoms with van der Waals surface area (Å²) in [7, 11) is -3.65. The summed E-state index contributed by atoms with van der Waals surface area (Å²) in [6.07, 6.45) is 3.42. The topological polar surface area (TPSA) is 92.8 Å². The summed E-state index contributed by atoms with van der Waals surface area (Å²) in [6.45, 7) is 7.27. The fourth-order valence-electron chi connectivity index (χ4n) is 3.66. The Kier molecular flexibility index (Phi) is 8.26. The van der Waals surface area contributed by atoms with Crippen molar-refractivity contribution in [2.24, 2.45) is 5.92 Å². The molecule has 1 aliphatic heterocycles. The molecule has 0 aliphatic carbocycles. The van der Waals surface area contributed by atoms with Crippen molar-refractivity contribution in [2.45, 2.75) is 51.3 Å². The first-order valence-electron chi connectivity index (χ1n) is 11.4. The number of rotatable bonds is 8. The third kappa shape index (κ3) is 6.21. The van der Waals surface area contributed by atoms with E-state index in [-0.39, 0.29) is 4.90 Å². The molecule has 2 aromatic carbocycles. The van der Waals surface area contributed by atoms with E-state index >= 15 is 0 Å². The van der Waals surface area contributed by atoms with Crippen LogP contribution in [0.4, 0.5) is 5.69 Å². The van der Waals surface area contributed by atoms with E-state index in [1.54, 1.807) is 43.3 Å². The molecule has 1 aliphatic rings. The first kappa shape index (κ1) is 24.9. The molecule has 3 rings (SSSR count). The summed E-state index contributed by atoms with van der Waals surface area (Å²) in [5, 5.41) is 2.78. The van der Waals surface area contributed by atoms with Crippen molar-refractivity contribution >= 4 is 27.6 Å². The minimum atomic E-state index is -3.65. The average molecular weight is 473 g/mol. The molecule has 0 radical (unpaired) electrons. The Morgan fingerprint density at radius 3 is 2.39 bits per heavy atom. The summed E-state index contributed by atoms with van der Waals surface area (Å²) in [5.41, 5.74) is 1.88. The zero-order valence-electron chi connectivity index (χ0n) is 19.5. The molecule has 0 bridgehead atoms.